The Hall–Kier alpha value is -1.62. The van der Waals surface area contributed by atoms with Gasteiger partial charge in [0.05, 0.1) is 0 Å². The van der Waals surface area contributed by atoms with E-state index >= 15 is 0 Å². The standard InChI is InChI=1S/C19H21Cl2N3O/c20-17-7-6-16(18(21)23-17)13-24-10-8-15(9-11-24)19(25)22-12-14-4-2-1-3-5-14/h1-7,15H,8-13H2,(H,22,25). The van der Waals surface area contributed by atoms with Crippen LogP contribution >= 0.6 is 23.2 Å². The van der Waals surface area contributed by atoms with E-state index < -0.39 is 0 Å². The van der Waals surface area contributed by atoms with Crippen LogP contribution in [0.4, 0.5) is 0 Å². The minimum absolute atomic E-state index is 0.0822. The highest BCUT2D eigenvalue weighted by Gasteiger charge is 2.25. The molecule has 1 amide bonds. The van der Waals surface area contributed by atoms with Gasteiger partial charge in [-0.25, -0.2) is 4.98 Å². The van der Waals surface area contributed by atoms with E-state index in [4.69, 9.17) is 23.2 Å². The monoisotopic (exact) mass is 377 g/mol. The Morgan fingerprint density at radius 3 is 2.52 bits per heavy atom. The summed E-state index contributed by atoms with van der Waals surface area (Å²) in [4.78, 5) is 18.7. The van der Waals surface area contributed by atoms with Crippen molar-refractivity contribution in [3.05, 3.63) is 63.9 Å². The van der Waals surface area contributed by atoms with Crippen molar-refractivity contribution in [2.75, 3.05) is 13.1 Å². The average Bonchev–Trinajstić information content (AvgIpc) is 2.63. The van der Waals surface area contributed by atoms with Gasteiger partial charge in [-0.05, 0) is 37.6 Å². The van der Waals surface area contributed by atoms with E-state index in [9.17, 15) is 4.79 Å². The van der Waals surface area contributed by atoms with E-state index in [-0.39, 0.29) is 11.8 Å². The Morgan fingerprint density at radius 1 is 1.12 bits per heavy atom. The number of nitrogens with zero attached hydrogens (tertiary/aromatic N) is 2. The zero-order valence-corrected chi connectivity index (χ0v) is 15.4. The zero-order valence-electron chi connectivity index (χ0n) is 13.9. The molecular weight excluding hydrogens is 357 g/mol. The number of hydrogen-bond donors (Lipinski definition) is 1. The van der Waals surface area contributed by atoms with Crippen LogP contribution in [-0.2, 0) is 17.9 Å². The molecule has 1 fully saturated rings. The number of nitrogens with one attached hydrogen (secondary N) is 1. The molecule has 1 N–H and O–H groups in total. The van der Waals surface area contributed by atoms with Crippen LogP contribution < -0.4 is 5.32 Å². The predicted octanol–water partition coefficient (Wildman–Crippen LogP) is 3.92. The fourth-order valence-electron chi connectivity index (χ4n) is 3.08. The highest BCUT2D eigenvalue weighted by Crippen LogP contribution is 2.23. The van der Waals surface area contributed by atoms with Crippen molar-refractivity contribution >= 4 is 29.1 Å². The smallest absolute Gasteiger partial charge is 0.223 e. The summed E-state index contributed by atoms with van der Waals surface area (Å²) in [5, 5.41) is 3.90. The van der Waals surface area contributed by atoms with Crippen molar-refractivity contribution in [2.45, 2.75) is 25.9 Å². The molecule has 1 saturated heterocycles. The Bertz CT molecular complexity index is 716. The third-order valence-electron chi connectivity index (χ3n) is 4.55. The number of carbonyl (C=O) groups is 1. The maximum Gasteiger partial charge on any atom is 0.223 e. The van der Waals surface area contributed by atoms with Crippen LogP contribution in [0.15, 0.2) is 42.5 Å². The first-order valence-electron chi connectivity index (χ1n) is 8.47. The first-order valence-corrected chi connectivity index (χ1v) is 9.22. The van der Waals surface area contributed by atoms with Crippen LogP contribution in [0.25, 0.3) is 0 Å². The number of pyridine rings is 1. The lowest BCUT2D eigenvalue weighted by molar-refractivity contribution is -0.126. The molecule has 0 saturated carbocycles. The van der Waals surface area contributed by atoms with Gasteiger partial charge in [-0.1, -0.05) is 59.6 Å². The molecule has 1 aromatic heterocycles. The number of amides is 1. The molecule has 0 radical (unpaired) electrons. The summed E-state index contributed by atoms with van der Waals surface area (Å²) in [6.07, 6.45) is 1.72. The molecule has 3 rings (SSSR count). The van der Waals surface area contributed by atoms with E-state index in [1.807, 2.05) is 36.4 Å². The largest absolute Gasteiger partial charge is 0.352 e. The zero-order chi connectivity index (χ0) is 17.6. The van der Waals surface area contributed by atoms with Gasteiger partial charge < -0.3 is 5.32 Å². The number of likely N-dealkylation sites (tertiary alicyclic amines) is 1. The maximum absolute atomic E-state index is 12.4. The van der Waals surface area contributed by atoms with Gasteiger partial charge in [0.2, 0.25) is 5.91 Å². The fraction of sp³-hybridized carbons (Fsp3) is 0.368. The fourth-order valence-corrected chi connectivity index (χ4v) is 3.49. The second-order valence-corrected chi connectivity index (χ2v) is 7.08. The van der Waals surface area contributed by atoms with Crippen molar-refractivity contribution in [2.24, 2.45) is 5.92 Å². The minimum atomic E-state index is 0.0822. The molecule has 0 unspecified atom stereocenters. The summed E-state index contributed by atoms with van der Waals surface area (Å²) < 4.78 is 0. The van der Waals surface area contributed by atoms with Crippen molar-refractivity contribution in [1.82, 2.24) is 15.2 Å². The lowest BCUT2D eigenvalue weighted by Crippen LogP contribution is -2.40. The summed E-state index contributed by atoms with van der Waals surface area (Å²) in [5.74, 6) is 0.230. The van der Waals surface area contributed by atoms with E-state index in [2.05, 4.69) is 15.2 Å². The number of aromatic nitrogens is 1. The summed E-state index contributed by atoms with van der Waals surface area (Å²) >= 11 is 12.0. The second kappa shape index (κ2) is 8.65. The molecule has 25 heavy (non-hydrogen) atoms. The third kappa shape index (κ3) is 5.18. The van der Waals surface area contributed by atoms with Gasteiger partial charge in [-0.3, -0.25) is 9.69 Å². The average molecular weight is 378 g/mol. The predicted molar refractivity (Wildman–Crippen MR) is 101 cm³/mol. The van der Waals surface area contributed by atoms with Gasteiger partial charge in [0, 0.05) is 24.6 Å². The molecular formula is C19H21Cl2N3O. The molecule has 2 heterocycles. The van der Waals surface area contributed by atoms with Crippen molar-refractivity contribution < 1.29 is 4.79 Å². The summed E-state index contributed by atoms with van der Waals surface area (Å²) in [6.45, 7) is 3.08. The van der Waals surface area contributed by atoms with Crippen LogP contribution in [0.2, 0.25) is 10.3 Å². The van der Waals surface area contributed by atoms with E-state index in [0.29, 0.717) is 16.9 Å². The molecule has 1 aromatic carbocycles. The number of benzene rings is 1. The highest BCUT2D eigenvalue weighted by molar-refractivity contribution is 6.32. The van der Waals surface area contributed by atoms with Crippen molar-refractivity contribution in [3.8, 4) is 0 Å². The van der Waals surface area contributed by atoms with Crippen LogP contribution in [0.5, 0.6) is 0 Å². The van der Waals surface area contributed by atoms with Gasteiger partial charge >= 0.3 is 0 Å². The van der Waals surface area contributed by atoms with Crippen LogP contribution in [-0.4, -0.2) is 28.9 Å². The lowest BCUT2D eigenvalue weighted by Gasteiger charge is -2.31. The van der Waals surface area contributed by atoms with Crippen molar-refractivity contribution in [1.29, 1.82) is 0 Å². The van der Waals surface area contributed by atoms with Crippen LogP contribution in [0, 0.1) is 5.92 Å². The normalized spacial score (nSPS) is 15.9. The molecule has 132 valence electrons. The van der Waals surface area contributed by atoms with Gasteiger partial charge in [-0.15, -0.1) is 0 Å². The summed E-state index contributed by atoms with van der Waals surface area (Å²) in [7, 11) is 0. The number of carbonyl (C=O) groups excluding carboxylic acids is 1. The lowest BCUT2D eigenvalue weighted by atomic mass is 9.95. The Labute approximate surface area is 158 Å². The van der Waals surface area contributed by atoms with E-state index in [1.165, 1.54) is 0 Å². The molecule has 0 aliphatic carbocycles. The Morgan fingerprint density at radius 2 is 1.84 bits per heavy atom. The molecule has 0 spiro atoms. The molecule has 0 atom stereocenters. The quantitative estimate of drug-likeness (QED) is 0.803. The molecule has 0 bridgehead atoms. The second-order valence-electron chi connectivity index (χ2n) is 6.34. The number of rotatable bonds is 5. The van der Waals surface area contributed by atoms with Crippen molar-refractivity contribution in [3.63, 3.8) is 0 Å². The molecule has 4 nitrogen and oxygen atoms in total. The topological polar surface area (TPSA) is 45.2 Å². The van der Waals surface area contributed by atoms with Crippen LogP contribution in [0.3, 0.4) is 0 Å². The summed E-state index contributed by atoms with van der Waals surface area (Å²) in [6, 6.07) is 13.7. The molecule has 6 heteroatoms. The first kappa shape index (κ1) is 18.2. The number of hydrogen-bond acceptors (Lipinski definition) is 3. The Balaban J connectivity index is 1.45. The first-order chi connectivity index (χ1) is 12.1. The SMILES string of the molecule is O=C(NCc1ccccc1)C1CCN(Cc2ccc(Cl)nc2Cl)CC1. The van der Waals surface area contributed by atoms with Crippen LogP contribution in [0.1, 0.15) is 24.0 Å². The number of piperidine rings is 1. The molecule has 1 aliphatic heterocycles. The summed E-state index contributed by atoms with van der Waals surface area (Å²) in [5.41, 5.74) is 2.09. The number of halogens is 2. The van der Waals surface area contributed by atoms with Gasteiger partial charge in [-0.2, -0.15) is 0 Å². The van der Waals surface area contributed by atoms with E-state index in [0.717, 1.165) is 43.6 Å². The van der Waals surface area contributed by atoms with Gasteiger partial charge in [0.1, 0.15) is 10.3 Å². The maximum atomic E-state index is 12.4. The van der Waals surface area contributed by atoms with Gasteiger partial charge in [0.15, 0.2) is 0 Å². The minimum Gasteiger partial charge on any atom is -0.352 e. The molecule has 1 aliphatic rings. The van der Waals surface area contributed by atoms with E-state index in [1.54, 1.807) is 6.07 Å². The third-order valence-corrected chi connectivity index (χ3v) is 5.09. The Kier molecular flexibility index (Phi) is 6.29. The molecule has 2 aromatic rings. The highest BCUT2D eigenvalue weighted by atomic mass is 35.5. The van der Waals surface area contributed by atoms with Gasteiger partial charge in [0.25, 0.3) is 0 Å².